The van der Waals surface area contributed by atoms with E-state index < -0.39 is 23.8 Å². The summed E-state index contributed by atoms with van der Waals surface area (Å²) in [4.78, 5) is 25.8. The smallest absolute Gasteiger partial charge is 0.307 e. The lowest BCUT2D eigenvalue weighted by Crippen LogP contribution is -2.41. The van der Waals surface area contributed by atoms with Crippen LogP contribution in [0.4, 0.5) is 15.8 Å². The number of likely N-dealkylation sites (N-methyl/N-ethyl adjacent to an activating group) is 1. The van der Waals surface area contributed by atoms with E-state index in [-0.39, 0.29) is 39.4 Å². The third-order valence-corrected chi connectivity index (χ3v) is 6.70. The Labute approximate surface area is 221 Å². The summed E-state index contributed by atoms with van der Waals surface area (Å²) in [5.41, 5.74) is 1.58. The average Bonchev–Trinajstić information content (AvgIpc) is 2.81. The van der Waals surface area contributed by atoms with Crippen LogP contribution < -0.4 is 19.7 Å². The van der Waals surface area contributed by atoms with Crippen LogP contribution in [-0.2, 0) is 11.2 Å². The van der Waals surface area contributed by atoms with Crippen LogP contribution in [0.2, 0.25) is 15.1 Å². The molecule has 3 aromatic rings. The summed E-state index contributed by atoms with van der Waals surface area (Å²) in [5, 5.41) is 12.0. The van der Waals surface area contributed by atoms with Crippen molar-refractivity contribution in [2.75, 3.05) is 30.4 Å². The van der Waals surface area contributed by atoms with Gasteiger partial charge in [0.25, 0.3) is 5.91 Å². The largest absolute Gasteiger partial charge is 0.488 e. The highest BCUT2D eigenvalue weighted by molar-refractivity contribution is 6.45. The van der Waals surface area contributed by atoms with Gasteiger partial charge in [-0.1, -0.05) is 34.8 Å². The number of carboxylic acid groups (broad SMARTS) is 1. The first-order valence-electron chi connectivity index (χ1n) is 10.7. The van der Waals surface area contributed by atoms with E-state index in [4.69, 9.17) is 49.4 Å². The highest BCUT2D eigenvalue weighted by atomic mass is 35.5. The van der Waals surface area contributed by atoms with Gasteiger partial charge < -0.3 is 24.8 Å². The maximum absolute atomic E-state index is 13.6. The molecule has 0 aromatic heterocycles. The van der Waals surface area contributed by atoms with Crippen molar-refractivity contribution >= 4 is 58.1 Å². The number of nitrogens with one attached hydrogen (secondary N) is 1. The number of ether oxygens (including phenoxy) is 2. The second kappa shape index (κ2) is 10.8. The van der Waals surface area contributed by atoms with Gasteiger partial charge in [-0.2, -0.15) is 0 Å². The van der Waals surface area contributed by atoms with Crippen molar-refractivity contribution in [1.29, 1.82) is 0 Å². The van der Waals surface area contributed by atoms with E-state index in [1.807, 2.05) is 11.9 Å². The van der Waals surface area contributed by atoms with Crippen molar-refractivity contribution in [3.63, 3.8) is 0 Å². The van der Waals surface area contributed by atoms with Gasteiger partial charge in [0.1, 0.15) is 35.0 Å². The molecule has 0 saturated carbocycles. The molecule has 0 spiro atoms. The quantitative estimate of drug-likeness (QED) is 0.376. The molecule has 4 rings (SSSR count). The Bertz CT molecular complexity index is 1340. The van der Waals surface area contributed by atoms with Crippen LogP contribution in [-0.4, -0.2) is 43.3 Å². The molecular weight excluding hydrogens is 534 g/mol. The lowest BCUT2D eigenvalue weighted by molar-refractivity contribution is -0.136. The van der Waals surface area contributed by atoms with Crippen molar-refractivity contribution in [3.05, 3.63) is 80.5 Å². The normalized spacial score (nSPS) is 14.6. The second-order valence-corrected chi connectivity index (χ2v) is 9.28. The lowest BCUT2D eigenvalue weighted by Gasteiger charge is -2.33. The molecule has 1 amide bonds. The van der Waals surface area contributed by atoms with Crippen LogP contribution in [0.1, 0.15) is 15.9 Å². The number of aliphatic carboxylic acids is 1. The molecule has 1 aliphatic heterocycles. The van der Waals surface area contributed by atoms with Crippen molar-refractivity contribution < 1.29 is 28.6 Å². The van der Waals surface area contributed by atoms with Crippen LogP contribution in [0.15, 0.2) is 48.5 Å². The maximum atomic E-state index is 13.6. The zero-order valence-corrected chi connectivity index (χ0v) is 21.1. The Kier molecular flexibility index (Phi) is 7.78. The molecule has 0 radical (unpaired) electrons. The van der Waals surface area contributed by atoms with Gasteiger partial charge in [-0.3, -0.25) is 9.59 Å². The minimum absolute atomic E-state index is 0.0134. The number of amides is 1. The molecule has 0 unspecified atom stereocenters. The molecule has 0 fully saturated rings. The number of carbonyl (C=O) groups is 2. The zero-order valence-electron chi connectivity index (χ0n) is 18.9. The van der Waals surface area contributed by atoms with E-state index in [1.54, 1.807) is 12.1 Å². The van der Waals surface area contributed by atoms with Crippen molar-refractivity contribution in [2.45, 2.75) is 12.5 Å². The van der Waals surface area contributed by atoms with Gasteiger partial charge in [-0.25, -0.2) is 4.39 Å². The summed E-state index contributed by atoms with van der Waals surface area (Å²) in [5.74, 6) is -1.32. The van der Waals surface area contributed by atoms with Gasteiger partial charge in [0.2, 0.25) is 0 Å². The first-order chi connectivity index (χ1) is 17.1. The Morgan fingerprint density at radius 2 is 1.92 bits per heavy atom. The predicted octanol–water partition coefficient (Wildman–Crippen LogP) is 5.94. The Morgan fingerprint density at radius 1 is 1.14 bits per heavy atom. The summed E-state index contributed by atoms with van der Waals surface area (Å²) < 4.78 is 25.3. The van der Waals surface area contributed by atoms with E-state index in [1.165, 1.54) is 36.4 Å². The van der Waals surface area contributed by atoms with Gasteiger partial charge in [0, 0.05) is 23.8 Å². The Hall–Kier alpha value is -3.20. The number of halogens is 4. The molecule has 11 heteroatoms. The fourth-order valence-corrected chi connectivity index (χ4v) is 4.40. The fraction of sp³-hybridized carbons (Fsp3) is 0.200. The zero-order chi connectivity index (χ0) is 26.0. The first-order valence-corrected chi connectivity index (χ1v) is 11.9. The third kappa shape index (κ3) is 5.78. The molecule has 2 N–H and O–H groups in total. The summed E-state index contributed by atoms with van der Waals surface area (Å²) >= 11 is 18.8. The number of hydrogen-bond donors (Lipinski definition) is 2. The summed E-state index contributed by atoms with van der Waals surface area (Å²) in [6, 6.07) is 11.8. The van der Waals surface area contributed by atoms with Crippen molar-refractivity contribution in [3.8, 4) is 11.5 Å². The highest BCUT2D eigenvalue weighted by Crippen LogP contribution is 2.37. The van der Waals surface area contributed by atoms with Crippen LogP contribution in [0.5, 0.6) is 11.5 Å². The van der Waals surface area contributed by atoms with E-state index in [0.717, 1.165) is 5.69 Å². The number of fused-ring (bicyclic) bond motifs is 1. The van der Waals surface area contributed by atoms with Crippen LogP contribution in [0.3, 0.4) is 0 Å². The van der Waals surface area contributed by atoms with Crippen LogP contribution in [0, 0.1) is 5.82 Å². The van der Waals surface area contributed by atoms with Gasteiger partial charge >= 0.3 is 5.97 Å². The Morgan fingerprint density at radius 3 is 2.67 bits per heavy atom. The molecule has 1 atom stereocenters. The number of anilines is 2. The van der Waals surface area contributed by atoms with E-state index >= 15 is 0 Å². The molecule has 3 aromatic carbocycles. The second-order valence-electron chi connectivity index (χ2n) is 8.11. The standard InChI is InChI=1S/C25H20Cl3FN2O5/c1-31-11-16(36-21-10-14(29)2-6-19(21)31)12-35-20-7-4-17(23(27)24(20)28)25(34)30-15-3-5-18(26)13(8-15)9-22(32)33/h2-8,10,16H,9,11-12H2,1H3,(H,30,34)(H,32,33)/t16-/m0/s1. The number of carbonyl (C=O) groups excluding carboxylic acids is 1. The van der Waals surface area contributed by atoms with Crippen molar-refractivity contribution in [2.24, 2.45) is 0 Å². The van der Waals surface area contributed by atoms with Gasteiger partial charge in [-0.15, -0.1) is 0 Å². The minimum atomic E-state index is -1.05. The van der Waals surface area contributed by atoms with Crippen LogP contribution >= 0.6 is 34.8 Å². The molecule has 0 saturated heterocycles. The molecule has 188 valence electrons. The number of nitrogens with zero attached hydrogens (tertiary/aromatic N) is 1. The molecule has 36 heavy (non-hydrogen) atoms. The average molecular weight is 554 g/mol. The van der Waals surface area contributed by atoms with E-state index in [2.05, 4.69) is 5.32 Å². The lowest BCUT2D eigenvalue weighted by atomic mass is 10.1. The first kappa shape index (κ1) is 25.9. The molecule has 7 nitrogen and oxygen atoms in total. The minimum Gasteiger partial charge on any atom is -0.488 e. The fourth-order valence-electron chi connectivity index (χ4n) is 3.76. The highest BCUT2D eigenvalue weighted by Gasteiger charge is 2.25. The van der Waals surface area contributed by atoms with Crippen molar-refractivity contribution in [1.82, 2.24) is 0 Å². The summed E-state index contributed by atoms with van der Waals surface area (Å²) in [7, 11) is 1.87. The summed E-state index contributed by atoms with van der Waals surface area (Å²) in [6.45, 7) is 0.619. The maximum Gasteiger partial charge on any atom is 0.307 e. The number of rotatable bonds is 7. The molecule has 1 aliphatic rings. The topological polar surface area (TPSA) is 88.1 Å². The SMILES string of the molecule is CN1C[C@@H](COc2ccc(C(=O)Nc3ccc(Cl)c(CC(=O)O)c3)c(Cl)c2Cl)Oc2cc(F)ccc21. The Balaban J connectivity index is 1.44. The molecular formula is C25H20Cl3FN2O5. The molecule has 0 aliphatic carbocycles. The number of benzene rings is 3. The summed E-state index contributed by atoms with van der Waals surface area (Å²) in [6.07, 6.45) is -0.686. The third-order valence-electron chi connectivity index (χ3n) is 5.47. The van der Waals surface area contributed by atoms with Gasteiger partial charge in [0.15, 0.2) is 0 Å². The molecule has 0 bridgehead atoms. The monoisotopic (exact) mass is 552 g/mol. The van der Waals surface area contributed by atoms with E-state index in [9.17, 15) is 14.0 Å². The van der Waals surface area contributed by atoms with E-state index in [0.29, 0.717) is 23.5 Å². The predicted molar refractivity (Wildman–Crippen MR) is 137 cm³/mol. The van der Waals surface area contributed by atoms with Crippen LogP contribution in [0.25, 0.3) is 0 Å². The van der Waals surface area contributed by atoms with Gasteiger partial charge in [-0.05, 0) is 48.0 Å². The number of hydrogen-bond acceptors (Lipinski definition) is 5. The van der Waals surface area contributed by atoms with Gasteiger partial charge in [0.05, 0.1) is 29.2 Å². The number of carboxylic acids is 1. The molecule has 1 heterocycles.